The van der Waals surface area contributed by atoms with Crippen molar-refractivity contribution >= 4 is 44.3 Å². The second-order valence-electron chi connectivity index (χ2n) is 8.04. The summed E-state index contributed by atoms with van der Waals surface area (Å²) >= 11 is 0. The number of fused-ring (bicyclic) bond motifs is 4. The Kier molecular flexibility index (Phi) is 4.41. The van der Waals surface area contributed by atoms with Crippen molar-refractivity contribution in [2.45, 2.75) is 0 Å². The molecule has 2 aromatic heterocycles. The predicted octanol–water partition coefficient (Wildman–Crippen LogP) is 4.84. The lowest BCUT2D eigenvalue weighted by atomic mass is 9.98. The molecule has 1 aliphatic rings. The van der Waals surface area contributed by atoms with Gasteiger partial charge in [-0.1, -0.05) is 30.3 Å². The molecule has 8 nitrogen and oxygen atoms in total. The first-order valence-corrected chi connectivity index (χ1v) is 10.7. The van der Waals surface area contributed by atoms with Gasteiger partial charge in [0.25, 0.3) is 5.69 Å². The highest BCUT2D eigenvalue weighted by Crippen LogP contribution is 2.42. The number of rotatable bonds is 3. The number of morpholine rings is 1. The number of nitro benzene ring substituents is 1. The zero-order chi connectivity index (χ0) is 22.5. The first-order valence-electron chi connectivity index (χ1n) is 10.7. The summed E-state index contributed by atoms with van der Waals surface area (Å²) in [5.41, 5.74) is 3.01. The molecule has 0 radical (unpaired) electrons. The van der Waals surface area contributed by atoms with Gasteiger partial charge in [-0.05, 0) is 18.2 Å². The van der Waals surface area contributed by atoms with E-state index < -0.39 is 4.92 Å². The van der Waals surface area contributed by atoms with E-state index in [1.807, 2.05) is 30.3 Å². The second kappa shape index (κ2) is 7.46. The van der Waals surface area contributed by atoms with E-state index in [1.54, 1.807) is 24.3 Å². The third-order valence-electron chi connectivity index (χ3n) is 6.19. The van der Waals surface area contributed by atoms with E-state index in [4.69, 9.17) is 9.15 Å². The molecular weight excluding hydrogens is 422 g/mol. The fraction of sp³-hybridized carbons (Fsp3) is 0.160. The van der Waals surface area contributed by atoms with E-state index in [9.17, 15) is 14.9 Å². The maximum Gasteiger partial charge on any atom is 0.281 e. The third-order valence-corrected chi connectivity index (χ3v) is 6.19. The van der Waals surface area contributed by atoms with Gasteiger partial charge in [-0.25, -0.2) is 0 Å². The minimum Gasteiger partial charge on any atom is -0.455 e. The molecule has 1 fully saturated rings. The quantitative estimate of drug-likeness (QED) is 0.318. The van der Waals surface area contributed by atoms with Gasteiger partial charge >= 0.3 is 0 Å². The number of anilines is 1. The van der Waals surface area contributed by atoms with Gasteiger partial charge in [-0.3, -0.25) is 14.9 Å². The summed E-state index contributed by atoms with van der Waals surface area (Å²) < 4.78 is 11.6. The van der Waals surface area contributed by atoms with Crippen LogP contribution in [0.2, 0.25) is 0 Å². The summed E-state index contributed by atoms with van der Waals surface area (Å²) in [5, 5.41) is 13.5. The van der Waals surface area contributed by atoms with Gasteiger partial charge in [-0.15, -0.1) is 0 Å². The van der Waals surface area contributed by atoms with Crippen LogP contribution in [0.1, 0.15) is 0 Å². The van der Waals surface area contributed by atoms with Crippen molar-refractivity contribution in [3.8, 4) is 11.1 Å². The molecule has 1 aliphatic heterocycles. The predicted molar refractivity (Wildman–Crippen MR) is 127 cm³/mol. The topological polar surface area (TPSA) is 102 Å². The van der Waals surface area contributed by atoms with E-state index in [-0.39, 0.29) is 11.1 Å². The van der Waals surface area contributed by atoms with Crippen LogP contribution in [0.25, 0.3) is 44.0 Å². The normalized spacial score (nSPS) is 14.4. The molecule has 0 saturated carbocycles. The van der Waals surface area contributed by atoms with E-state index in [2.05, 4.69) is 9.88 Å². The lowest BCUT2D eigenvalue weighted by molar-refractivity contribution is -0.383. The number of aromatic amines is 1. The number of nitrogens with one attached hydrogen (secondary N) is 1. The monoisotopic (exact) mass is 441 g/mol. The number of hydrogen-bond acceptors (Lipinski definition) is 6. The lowest BCUT2D eigenvalue weighted by Gasteiger charge is -2.28. The molecule has 3 aromatic carbocycles. The van der Waals surface area contributed by atoms with Gasteiger partial charge in [0.2, 0.25) is 0 Å². The molecule has 3 heterocycles. The van der Waals surface area contributed by atoms with Crippen molar-refractivity contribution in [3.05, 3.63) is 81.0 Å². The number of para-hydroxylation sites is 2. The van der Waals surface area contributed by atoms with E-state index in [0.29, 0.717) is 64.7 Å². The summed E-state index contributed by atoms with van der Waals surface area (Å²) in [6, 6.07) is 17.6. The van der Waals surface area contributed by atoms with Crippen LogP contribution in [0.15, 0.2) is 69.9 Å². The Labute approximate surface area is 187 Å². The van der Waals surface area contributed by atoms with Crippen molar-refractivity contribution in [3.63, 3.8) is 0 Å². The van der Waals surface area contributed by atoms with Gasteiger partial charge in [0.05, 0.1) is 23.7 Å². The van der Waals surface area contributed by atoms with Crippen molar-refractivity contribution in [1.82, 2.24) is 4.98 Å². The number of non-ortho nitro benzene ring substituents is 1. The highest BCUT2D eigenvalue weighted by atomic mass is 16.6. The average Bonchev–Trinajstić information content (AvgIpc) is 3.23. The standard InChI is InChI=1S/C25H19N3O5/c29-20-14-22(27-10-12-32-13-11-27)26-24-15(5-3-6-17(20)24)16-8-9-19(28(30)31)23-18-4-1-2-7-21(18)33-25(16)23/h1-9,14H,10-13H2,(H,26,29). The molecule has 8 heteroatoms. The molecule has 6 rings (SSSR count). The molecule has 5 aromatic rings. The molecule has 0 unspecified atom stereocenters. The maximum absolute atomic E-state index is 13.0. The third kappa shape index (κ3) is 3.07. The fourth-order valence-corrected chi connectivity index (χ4v) is 4.63. The SMILES string of the molecule is O=c1cc(N2CCOCC2)[nH]c2c(-c3ccc([N+](=O)[O-])c4c3oc3ccccc34)cccc12. The zero-order valence-electron chi connectivity index (χ0n) is 17.5. The Bertz CT molecular complexity index is 1610. The molecule has 0 spiro atoms. The Morgan fingerprint density at radius 2 is 1.73 bits per heavy atom. The molecule has 0 aliphatic carbocycles. The first kappa shape index (κ1) is 19.5. The van der Waals surface area contributed by atoms with Crippen molar-refractivity contribution in [2.24, 2.45) is 0 Å². The van der Waals surface area contributed by atoms with Crippen LogP contribution in [0.3, 0.4) is 0 Å². The van der Waals surface area contributed by atoms with Crippen molar-refractivity contribution in [1.29, 1.82) is 0 Å². The summed E-state index contributed by atoms with van der Waals surface area (Å²) in [6.45, 7) is 2.58. The average molecular weight is 441 g/mol. The molecule has 33 heavy (non-hydrogen) atoms. The van der Waals surface area contributed by atoms with Crippen LogP contribution in [-0.2, 0) is 4.74 Å². The van der Waals surface area contributed by atoms with Crippen LogP contribution < -0.4 is 10.3 Å². The van der Waals surface area contributed by atoms with Gasteiger partial charge in [0.15, 0.2) is 5.43 Å². The minimum atomic E-state index is -0.393. The number of aromatic nitrogens is 1. The molecule has 0 bridgehead atoms. The Balaban J connectivity index is 1.66. The minimum absolute atomic E-state index is 0.0126. The number of nitrogens with zero attached hydrogens (tertiary/aromatic N) is 2. The van der Waals surface area contributed by atoms with Gasteiger partial charge in [-0.2, -0.15) is 0 Å². The van der Waals surface area contributed by atoms with E-state index in [0.717, 1.165) is 11.4 Å². The van der Waals surface area contributed by atoms with E-state index in [1.165, 1.54) is 6.07 Å². The number of ether oxygens (including phenoxy) is 1. The molecule has 164 valence electrons. The summed E-state index contributed by atoms with van der Waals surface area (Å²) in [7, 11) is 0. The lowest BCUT2D eigenvalue weighted by Crippen LogP contribution is -2.37. The Morgan fingerprint density at radius 3 is 2.55 bits per heavy atom. The molecule has 1 N–H and O–H groups in total. The summed E-state index contributed by atoms with van der Waals surface area (Å²) in [6.07, 6.45) is 0. The highest BCUT2D eigenvalue weighted by molar-refractivity contribution is 6.15. The van der Waals surface area contributed by atoms with Crippen LogP contribution >= 0.6 is 0 Å². The largest absolute Gasteiger partial charge is 0.455 e. The van der Waals surface area contributed by atoms with Gasteiger partial charge in [0, 0.05) is 47.1 Å². The Hall–Kier alpha value is -4.17. The number of nitro groups is 1. The maximum atomic E-state index is 13.0. The molecule has 1 saturated heterocycles. The fourth-order valence-electron chi connectivity index (χ4n) is 4.63. The Morgan fingerprint density at radius 1 is 0.939 bits per heavy atom. The summed E-state index contributed by atoms with van der Waals surface area (Å²) in [4.78, 5) is 29.9. The number of furan rings is 1. The number of benzene rings is 3. The van der Waals surface area contributed by atoms with Crippen LogP contribution in [0.5, 0.6) is 0 Å². The van der Waals surface area contributed by atoms with E-state index >= 15 is 0 Å². The number of pyridine rings is 1. The zero-order valence-corrected chi connectivity index (χ0v) is 17.5. The van der Waals surface area contributed by atoms with Crippen LogP contribution in [0.4, 0.5) is 11.5 Å². The molecular formula is C25H19N3O5. The smallest absolute Gasteiger partial charge is 0.281 e. The number of H-pyrrole nitrogens is 1. The summed E-state index contributed by atoms with van der Waals surface area (Å²) in [5.74, 6) is 0.728. The van der Waals surface area contributed by atoms with Crippen LogP contribution in [-0.4, -0.2) is 36.2 Å². The molecule has 0 amide bonds. The van der Waals surface area contributed by atoms with Crippen molar-refractivity contribution in [2.75, 3.05) is 31.2 Å². The second-order valence-corrected chi connectivity index (χ2v) is 8.04. The van der Waals surface area contributed by atoms with Gasteiger partial charge in [0.1, 0.15) is 22.4 Å². The van der Waals surface area contributed by atoms with Crippen LogP contribution in [0, 0.1) is 10.1 Å². The first-order chi connectivity index (χ1) is 16.1. The molecule has 0 atom stereocenters. The van der Waals surface area contributed by atoms with Gasteiger partial charge < -0.3 is 19.0 Å². The van der Waals surface area contributed by atoms with Crippen molar-refractivity contribution < 1.29 is 14.1 Å². The highest BCUT2D eigenvalue weighted by Gasteiger charge is 2.23. The number of hydrogen-bond donors (Lipinski definition) is 1.